The van der Waals surface area contributed by atoms with E-state index in [2.05, 4.69) is 24.5 Å². The van der Waals surface area contributed by atoms with Crippen molar-refractivity contribution in [2.24, 2.45) is 0 Å². The van der Waals surface area contributed by atoms with Crippen LogP contribution in [0.2, 0.25) is 0 Å². The molecule has 0 aromatic heterocycles. The molecule has 2 aliphatic heterocycles. The molecule has 17 heavy (non-hydrogen) atoms. The summed E-state index contributed by atoms with van der Waals surface area (Å²) in [4.78, 5) is 25.4. The number of rotatable bonds is 1. The number of nitrogens with one attached hydrogen (secondary N) is 2. The predicted octanol–water partition coefficient (Wildman–Crippen LogP) is -0.136. The number of carbonyl (C=O) groups excluding carboxylic acids is 2. The van der Waals surface area contributed by atoms with Crippen LogP contribution in [0, 0.1) is 0 Å². The molecule has 0 aromatic carbocycles. The first-order valence-corrected chi connectivity index (χ1v) is 6.42. The first-order valence-electron chi connectivity index (χ1n) is 6.42. The van der Waals surface area contributed by atoms with Gasteiger partial charge in [-0.1, -0.05) is 0 Å². The highest BCUT2D eigenvalue weighted by molar-refractivity contribution is 5.87. The molecule has 2 heterocycles. The Bertz CT molecular complexity index is 299. The second-order valence-electron chi connectivity index (χ2n) is 5.11. The number of carbonyl (C=O) groups is 2. The Morgan fingerprint density at radius 1 is 1.29 bits per heavy atom. The smallest absolute Gasteiger partial charge is 0.242 e. The molecule has 2 fully saturated rings. The lowest BCUT2D eigenvalue weighted by Gasteiger charge is -2.41. The Morgan fingerprint density at radius 2 is 1.94 bits per heavy atom. The third kappa shape index (κ3) is 2.60. The summed E-state index contributed by atoms with van der Waals surface area (Å²) < 4.78 is 0. The first-order chi connectivity index (χ1) is 8.09. The van der Waals surface area contributed by atoms with Gasteiger partial charge in [-0.3, -0.25) is 14.9 Å². The van der Waals surface area contributed by atoms with Crippen LogP contribution >= 0.6 is 0 Å². The number of likely N-dealkylation sites (tertiary alicyclic amines) is 1. The highest BCUT2D eigenvalue weighted by Gasteiger charge is 2.34. The second-order valence-corrected chi connectivity index (χ2v) is 5.11. The van der Waals surface area contributed by atoms with Crippen LogP contribution < -0.4 is 10.6 Å². The number of hydrogen-bond donors (Lipinski definition) is 2. The van der Waals surface area contributed by atoms with Gasteiger partial charge in [-0.05, 0) is 33.1 Å². The largest absolute Gasteiger partial charge is 0.353 e. The van der Waals surface area contributed by atoms with Gasteiger partial charge in [0.1, 0.15) is 6.04 Å². The molecule has 2 saturated heterocycles. The summed E-state index contributed by atoms with van der Waals surface area (Å²) in [6.07, 6.45) is 3.35. The molecule has 3 unspecified atom stereocenters. The SMILES string of the molecule is CC1CCCC(C)N1C(=O)C1CNC(=O)CN1. The molecule has 0 aliphatic carbocycles. The summed E-state index contributed by atoms with van der Waals surface area (Å²) in [6.45, 7) is 4.87. The molecule has 0 aromatic rings. The van der Waals surface area contributed by atoms with E-state index >= 15 is 0 Å². The van der Waals surface area contributed by atoms with Crippen molar-refractivity contribution >= 4 is 11.8 Å². The van der Waals surface area contributed by atoms with Crippen LogP contribution in [-0.2, 0) is 9.59 Å². The maximum atomic E-state index is 12.4. The van der Waals surface area contributed by atoms with Gasteiger partial charge >= 0.3 is 0 Å². The van der Waals surface area contributed by atoms with Crippen molar-refractivity contribution in [3.05, 3.63) is 0 Å². The quantitative estimate of drug-likeness (QED) is 0.670. The van der Waals surface area contributed by atoms with Crippen LogP contribution in [-0.4, -0.2) is 47.9 Å². The highest BCUT2D eigenvalue weighted by atomic mass is 16.2. The standard InChI is InChI=1S/C12H21N3O2/c1-8-4-3-5-9(2)15(8)12(17)10-6-14-11(16)7-13-10/h8-10,13H,3-7H2,1-2H3,(H,14,16). The van der Waals surface area contributed by atoms with Crippen molar-refractivity contribution in [3.8, 4) is 0 Å². The average molecular weight is 239 g/mol. The molecule has 0 spiro atoms. The van der Waals surface area contributed by atoms with Gasteiger partial charge < -0.3 is 10.2 Å². The third-order valence-corrected chi connectivity index (χ3v) is 3.76. The molecule has 3 atom stereocenters. The maximum Gasteiger partial charge on any atom is 0.242 e. The molecule has 5 heteroatoms. The van der Waals surface area contributed by atoms with Gasteiger partial charge in [-0.2, -0.15) is 0 Å². The van der Waals surface area contributed by atoms with E-state index in [4.69, 9.17) is 0 Å². The van der Waals surface area contributed by atoms with Gasteiger partial charge in [-0.15, -0.1) is 0 Å². The van der Waals surface area contributed by atoms with Gasteiger partial charge in [0, 0.05) is 18.6 Å². The Kier molecular flexibility index (Phi) is 3.66. The molecule has 0 bridgehead atoms. The summed E-state index contributed by atoms with van der Waals surface area (Å²) in [7, 11) is 0. The average Bonchev–Trinajstić information content (AvgIpc) is 2.29. The lowest BCUT2D eigenvalue weighted by Crippen LogP contribution is -2.61. The van der Waals surface area contributed by atoms with Crippen LogP contribution in [0.25, 0.3) is 0 Å². The van der Waals surface area contributed by atoms with E-state index in [1.807, 2.05) is 4.90 Å². The zero-order valence-electron chi connectivity index (χ0n) is 10.5. The molecule has 2 N–H and O–H groups in total. The topological polar surface area (TPSA) is 61.4 Å². The fourth-order valence-electron chi connectivity index (χ4n) is 2.78. The van der Waals surface area contributed by atoms with Crippen LogP contribution in [0.1, 0.15) is 33.1 Å². The normalized spacial score (nSPS) is 34.4. The molecule has 2 amide bonds. The van der Waals surface area contributed by atoms with E-state index in [1.54, 1.807) is 0 Å². The van der Waals surface area contributed by atoms with Gasteiger partial charge in [0.2, 0.25) is 11.8 Å². The minimum absolute atomic E-state index is 0.0335. The van der Waals surface area contributed by atoms with Crippen LogP contribution in [0.5, 0.6) is 0 Å². The van der Waals surface area contributed by atoms with Crippen molar-refractivity contribution in [3.63, 3.8) is 0 Å². The fourth-order valence-corrected chi connectivity index (χ4v) is 2.78. The molecular formula is C12H21N3O2. The van der Waals surface area contributed by atoms with Gasteiger partial charge in [0.25, 0.3) is 0 Å². The molecule has 5 nitrogen and oxygen atoms in total. The maximum absolute atomic E-state index is 12.4. The van der Waals surface area contributed by atoms with Gasteiger partial charge in [0.15, 0.2) is 0 Å². The Morgan fingerprint density at radius 3 is 2.47 bits per heavy atom. The van der Waals surface area contributed by atoms with Crippen LogP contribution in [0.15, 0.2) is 0 Å². The van der Waals surface area contributed by atoms with Crippen molar-refractivity contribution in [1.82, 2.24) is 15.5 Å². The summed E-state index contributed by atoms with van der Waals surface area (Å²) in [5.41, 5.74) is 0. The Hall–Kier alpha value is -1.10. The van der Waals surface area contributed by atoms with E-state index in [9.17, 15) is 9.59 Å². The van der Waals surface area contributed by atoms with Gasteiger partial charge in [-0.25, -0.2) is 0 Å². The molecule has 2 rings (SSSR count). The van der Waals surface area contributed by atoms with E-state index in [0.717, 1.165) is 12.8 Å². The van der Waals surface area contributed by atoms with Crippen molar-refractivity contribution < 1.29 is 9.59 Å². The summed E-state index contributed by atoms with van der Waals surface area (Å²) in [5.74, 6) is 0.0958. The zero-order valence-corrected chi connectivity index (χ0v) is 10.5. The summed E-state index contributed by atoms with van der Waals surface area (Å²) >= 11 is 0. The summed E-state index contributed by atoms with van der Waals surface area (Å²) in [5, 5.41) is 5.74. The number of piperidine rings is 1. The van der Waals surface area contributed by atoms with Gasteiger partial charge in [0.05, 0.1) is 6.54 Å². The van der Waals surface area contributed by atoms with E-state index < -0.39 is 0 Å². The third-order valence-electron chi connectivity index (χ3n) is 3.76. The minimum atomic E-state index is -0.254. The highest BCUT2D eigenvalue weighted by Crippen LogP contribution is 2.23. The summed E-state index contributed by atoms with van der Waals surface area (Å²) in [6, 6.07) is 0.368. The number of hydrogen-bond acceptors (Lipinski definition) is 3. The number of amides is 2. The van der Waals surface area contributed by atoms with Crippen molar-refractivity contribution in [2.45, 2.75) is 51.2 Å². The molecule has 0 radical (unpaired) electrons. The molecular weight excluding hydrogens is 218 g/mol. The lowest BCUT2D eigenvalue weighted by atomic mass is 9.96. The Balaban J connectivity index is 2.00. The number of nitrogens with zero attached hydrogens (tertiary/aromatic N) is 1. The van der Waals surface area contributed by atoms with E-state index in [0.29, 0.717) is 18.6 Å². The number of piperazine rings is 1. The van der Waals surface area contributed by atoms with Crippen molar-refractivity contribution in [2.75, 3.05) is 13.1 Å². The molecule has 0 saturated carbocycles. The zero-order chi connectivity index (χ0) is 12.4. The fraction of sp³-hybridized carbons (Fsp3) is 0.833. The first kappa shape index (κ1) is 12.4. The van der Waals surface area contributed by atoms with E-state index in [-0.39, 0.29) is 24.4 Å². The second kappa shape index (κ2) is 5.04. The monoisotopic (exact) mass is 239 g/mol. The minimum Gasteiger partial charge on any atom is -0.353 e. The predicted molar refractivity (Wildman–Crippen MR) is 64.4 cm³/mol. The lowest BCUT2D eigenvalue weighted by molar-refractivity contribution is -0.140. The van der Waals surface area contributed by atoms with E-state index in [1.165, 1.54) is 6.42 Å². The van der Waals surface area contributed by atoms with Crippen LogP contribution in [0.4, 0.5) is 0 Å². The Labute approximate surface area is 102 Å². The van der Waals surface area contributed by atoms with Crippen molar-refractivity contribution in [1.29, 1.82) is 0 Å². The van der Waals surface area contributed by atoms with Crippen LogP contribution in [0.3, 0.4) is 0 Å². The molecule has 96 valence electrons. The molecule has 2 aliphatic rings.